The van der Waals surface area contributed by atoms with Crippen LogP contribution in [0.5, 0.6) is 0 Å². The van der Waals surface area contributed by atoms with Crippen molar-refractivity contribution in [3.63, 3.8) is 0 Å². The maximum absolute atomic E-state index is 6.57. The molecule has 7 heteroatoms. The Morgan fingerprint density at radius 3 is 2.62 bits per heavy atom. The summed E-state index contributed by atoms with van der Waals surface area (Å²) in [4.78, 5) is 7.00. The molecule has 1 aromatic rings. The van der Waals surface area contributed by atoms with E-state index in [9.17, 15) is 0 Å². The van der Waals surface area contributed by atoms with Crippen LogP contribution >= 0.6 is 38.9 Å². The molecule has 0 bridgehead atoms. The van der Waals surface area contributed by atoms with Crippen molar-refractivity contribution in [2.75, 3.05) is 11.4 Å². The quantitative estimate of drug-likeness (QED) is 0.372. The van der Waals surface area contributed by atoms with Crippen LogP contribution in [0.3, 0.4) is 0 Å². The van der Waals surface area contributed by atoms with Gasteiger partial charge in [0.1, 0.15) is 4.34 Å². The Balaban J connectivity index is 2.07. The first-order valence-corrected chi connectivity index (χ1v) is 12.3. The topological polar surface area (TPSA) is 25.4 Å². The average Bonchev–Trinajstić information content (AvgIpc) is 2.76. The van der Waals surface area contributed by atoms with Gasteiger partial charge >= 0.3 is 0 Å². The Bertz CT molecular complexity index is 492. The largest absolute Gasteiger partial charge is 0.412 e. The molecule has 0 aromatic carbocycles. The molecule has 2 unspecified atom stereocenters. The third-order valence-electron chi connectivity index (χ3n) is 4.44. The standard InChI is InChI=1S/C14H24BrClN2OSSi/c1-14(2,3)21(4,5)19-10-6-7-11(15)18(9-10)13-17-8-12(16)20-13/h8,10-11H,6-7,9H2,1-5H3. The van der Waals surface area contributed by atoms with Crippen LogP contribution in [0.1, 0.15) is 33.6 Å². The fourth-order valence-corrected chi connectivity index (χ4v) is 5.27. The summed E-state index contributed by atoms with van der Waals surface area (Å²) in [5.41, 5.74) is 0. The number of thiazole rings is 1. The normalized spacial score (nSPS) is 24.4. The average molecular weight is 412 g/mol. The van der Waals surface area contributed by atoms with Gasteiger partial charge in [-0.1, -0.05) is 59.6 Å². The van der Waals surface area contributed by atoms with E-state index in [0.717, 1.165) is 28.9 Å². The summed E-state index contributed by atoms with van der Waals surface area (Å²) >= 11 is 11.3. The number of hydrogen-bond acceptors (Lipinski definition) is 4. The molecule has 0 amide bonds. The molecule has 1 aromatic heterocycles. The lowest BCUT2D eigenvalue weighted by atomic mass is 10.1. The third-order valence-corrected chi connectivity index (χ3v) is 11.1. The predicted molar refractivity (Wildman–Crippen MR) is 98.5 cm³/mol. The van der Waals surface area contributed by atoms with Crippen LogP contribution in [-0.4, -0.2) is 30.9 Å². The van der Waals surface area contributed by atoms with E-state index in [1.165, 1.54) is 11.3 Å². The first kappa shape index (κ1) is 17.7. The monoisotopic (exact) mass is 410 g/mol. The van der Waals surface area contributed by atoms with Crippen molar-refractivity contribution in [2.45, 2.75) is 62.8 Å². The molecule has 0 N–H and O–H groups in total. The van der Waals surface area contributed by atoms with Crippen LogP contribution in [0.15, 0.2) is 6.20 Å². The highest BCUT2D eigenvalue weighted by atomic mass is 79.9. The lowest BCUT2D eigenvalue weighted by molar-refractivity contribution is 0.158. The minimum atomic E-state index is -1.72. The van der Waals surface area contributed by atoms with Gasteiger partial charge in [-0.05, 0) is 31.0 Å². The van der Waals surface area contributed by atoms with Crippen LogP contribution in [0, 0.1) is 0 Å². The number of rotatable bonds is 3. The molecular weight excluding hydrogens is 388 g/mol. The first-order chi connectivity index (χ1) is 9.60. The fraction of sp³-hybridized carbons (Fsp3) is 0.786. The van der Waals surface area contributed by atoms with Crippen LogP contribution in [0.2, 0.25) is 22.5 Å². The van der Waals surface area contributed by atoms with E-state index >= 15 is 0 Å². The Kier molecular flexibility index (Phi) is 5.46. The van der Waals surface area contributed by atoms with Crippen molar-refractivity contribution < 1.29 is 4.43 Å². The summed E-state index contributed by atoms with van der Waals surface area (Å²) in [6.07, 6.45) is 4.16. The molecule has 21 heavy (non-hydrogen) atoms. The molecule has 1 fully saturated rings. The summed E-state index contributed by atoms with van der Waals surface area (Å²) in [5.74, 6) is 0. The first-order valence-electron chi connectivity index (χ1n) is 7.30. The molecule has 1 saturated heterocycles. The maximum atomic E-state index is 6.57. The van der Waals surface area contributed by atoms with E-state index in [4.69, 9.17) is 16.0 Å². The highest BCUT2D eigenvalue weighted by Gasteiger charge is 2.41. The summed E-state index contributed by atoms with van der Waals surface area (Å²) in [6, 6.07) is 0. The highest BCUT2D eigenvalue weighted by molar-refractivity contribution is 9.09. The van der Waals surface area contributed by atoms with Crippen molar-refractivity contribution >= 4 is 52.3 Å². The Morgan fingerprint density at radius 2 is 2.10 bits per heavy atom. The summed E-state index contributed by atoms with van der Waals surface area (Å²) < 4.78 is 7.30. The molecular formula is C14H24BrClN2OSSi. The summed E-state index contributed by atoms with van der Waals surface area (Å²) in [5, 5.41) is 1.22. The molecule has 3 nitrogen and oxygen atoms in total. The van der Waals surface area contributed by atoms with E-state index in [1.54, 1.807) is 6.20 Å². The highest BCUT2D eigenvalue weighted by Crippen LogP contribution is 2.40. The number of piperidine rings is 1. The van der Waals surface area contributed by atoms with Gasteiger partial charge in [0.25, 0.3) is 0 Å². The number of aromatic nitrogens is 1. The van der Waals surface area contributed by atoms with Gasteiger partial charge in [-0.3, -0.25) is 0 Å². The van der Waals surface area contributed by atoms with Crippen LogP contribution < -0.4 is 4.90 Å². The Hall–Kier alpha value is 0.377. The van der Waals surface area contributed by atoms with Gasteiger partial charge in [-0.2, -0.15) is 0 Å². The molecule has 1 aliphatic heterocycles. The van der Waals surface area contributed by atoms with Crippen LogP contribution in [0.25, 0.3) is 0 Å². The van der Waals surface area contributed by atoms with Crippen molar-refractivity contribution in [2.24, 2.45) is 0 Å². The smallest absolute Gasteiger partial charge is 0.192 e. The Morgan fingerprint density at radius 1 is 1.43 bits per heavy atom. The van der Waals surface area contributed by atoms with E-state index in [0.29, 0.717) is 4.95 Å². The molecule has 0 spiro atoms. The minimum Gasteiger partial charge on any atom is -0.412 e. The fourth-order valence-electron chi connectivity index (χ4n) is 2.17. The number of halogens is 2. The Labute approximate surface area is 146 Å². The van der Waals surface area contributed by atoms with E-state index in [2.05, 4.69) is 59.7 Å². The molecule has 2 rings (SSSR count). The lowest BCUT2D eigenvalue weighted by Crippen LogP contribution is -2.50. The second kappa shape index (κ2) is 6.47. The van der Waals surface area contributed by atoms with Gasteiger partial charge in [0.15, 0.2) is 13.4 Å². The summed E-state index contributed by atoms with van der Waals surface area (Å²) in [6.45, 7) is 12.4. The van der Waals surface area contributed by atoms with E-state index < -0.39 is 8.32 Å². The maximum Gasteiger partial charge on any atom is 0.192 e. The van der Waals surface area contributed by atoms with Crippen LogP contribution in [-0.2, 0) is 4.43 Å². The van der Waals surface area contributed by atoms with E-state index in [1.807, 2.05) is 0 Å². The molecule has 0 saturated carbocycles. The molecule has 120 valence electrons. The van der Waals surface area contributed by atoms with Gasteiger partial charge in [0, 0.05) is 6.54 Å². The zero-order valence-corrected chi connectivity index (χ0v) is 17.5. The number of anilines is 1. The van der Waals surface area contributed by atoms with Gasteiger partial charge < -0.3 is 9.33 Å². The number of nitrogens with zero attached hydrogens (tertiary/aromatic N) is 2. The van der Waals surface area contributed by atoms with Crippen LogP contribution in [0.4, 0.5) is 5.13 Å². The van der Waals surface area contributed by atoms with Crippen molar-refractivity contribution in [1.29, 1.82) is 0 Å². The SMILES string of the molecule is CC(C)(C)[Si](C)(C)OC1CCC(Br)N(c2ncc(Cl)s2)C1. The zero-order valence-electron chi connectivity index (χ0n) is 13.3. The second-order valence-electron chi connectivity index (χ2n) is 7.11. The van der Waals surface area contributed by atoms with Crippen molar-refractivity contribution in [3.8, 4) is 0 Å². The zero-order chi connectivity index (χ0) is 15.8. The molecule has 1 aliphatic rings. The molecule has 2 heterocycles. The molecule has 0 radical (unpaired) electrons. The van der Waals surface area contributed by atoms with Crippen molar-refractivity contribution in [1.82, 2.24) is 4.98 Å². The van der Waals surface area contributed by atoms with Crippen molar-refractivity contribution in [3.05, 3.63) is 10.5 Å². The van der Waals surface area contributed by atoms with E-state index in [-0.39, 0.29) is 11.1 Å². The predicted octanol–water partition coefficient (Wildman–Crippen LogP) is 5.51. The third kappa shape index (κ3) is 4.22. The number of hydrogen-bond donors (Lipinski definition) is 0. The number of alkyl halides is 1. The molecule has 2 atom stereocenters. The lowest BCUT2D eigenvalue weighted by Gasteiger charge is -2.43. The minimum absolute atomic E-state index is 0.244. The van der Waals surface area contributed by atoms with Gasteiger partial charge in [-0.25, -0.2) is 4.98 Å². The van der Waals surface area contributed by atoms with Gasteiger partial charge in [-0.15, -0.1) is 0 Å². The summed E-state index contributed by atoms with van der Waals surface area (Å²) in [7, 11) is -1.72. The van der Waals surface area contributed by atoms with Gasteiger partial charge in [0.05, 0.1) is 17.3 Å². The van der Waals surface area contributed by atoms with Gasteiger partial charge in [0.2, 0.25) is 0 Å². The second-order valence-corrected chi connectivity index (χ2v) is 14.6. The molecule has 0 aliphatic carbocycles.